The standard InChI is InChI=1S/C30H25NO/c1-4-10-23(11-5-1)16-18-27(25-14-8-3-9-15-25)29-21-31-30-20-26(17-19-28(29)30)32-22-24-12-6-2-7-13-24/h1-21,27,31H,22H2/b18-16+/t27-/m1/s1. The van der Waals surface area contributed by atoms with Crippen LogP contribution in [0.1, 0.15) is 28.2 Å². The Balaban J connectivity index is 1.45. The van der Waals surface area contributed by atoms with Gasteiger partial charge in [-0.25, -0.2) is 0 Å². The summed E-state index contributed by atoms with van der Waals surface area (Å²) in [5, 5.41) is 1.21. The molecule has 1 N–H and O–H groups in total. The van der Waals surface area contributed by atoms with Gasteiger partial charge in [0, 0.05) is 29.1 Å². The molecule has 0 unspecified atom stereocenters. The first-order valence-electron chi connectivity index (χ1n) is 10.9. The zero-order valence-corrected chi connectivity index (χ0v) is 17.8. The molecule has 156 valence electrons. The summed E-state index contributed by atoms with van der Waals surface area (Å²) < 4.78 is 6.03. The fourth-order valence-electron chi connectivity index (χ4n) is 4.04. The molecule has 0 saturated carbocycles. The number of allylic oxidation sites excluding steroid dienone is 1. The lowest BCUT2D eigenvalue weighted by Crippen LogP contribution is -1.97. The monoisotopic (exact) mass is 415 g/mol. The van der Waals surface area contributed by atoms with E-state index in [-0.39, 0.29) is 5.92 Å². The molecule has 0 bridgehead atoms. The summed E-state index contributed by atoms with van der Waals surface area (Å²) in [5.74, 6) is 1.02. The Bertz CT molecular complexity index is 1300. The molecule has 0 saturated heterocycles. The van der Waals surface area contributed by atoms with E-state index in [9.17, 15) is 0 Å². The van der Waals surface area contributed by atoms with Crippen LogP contribution in [0.15, 0.2) is 121 Å². The van der Waals surface area contributed by atoms with E-state index in [0.717, 1.165) is 16.8 Å². The molecule has 5 aromatic rings. The van der Waals surface area contributed by atoms with Crippen molar-refractivity contribution in [2.45, 2.75) is 12.5 Å². The second kappa shape index (κ2) is 9.40. The molecule has 0 aliphatic rings. The Kier molecular flexibility index (Phi) is 5.85. The van der Waals surface area contributed by atoms with Crippen LogP contribution in [0.3, 0.4) is 0 Å². The number of aromatic amines is 1. The number of nitrogens with one attached hydrogen (secondary N) is 1. The summed E-state index contributed by atoms with van der Waals surface area (Å²) in [6.07, 6.45) is 6.61. The molecule has 0 radical (unpaired) electrons. The van der Waals surface area contributed by atoms with Crippen LogP contribution >= 0.6 is 0 Å². The molecule has 0 amide bonds. The molecular formula is C30H25NO. The van der Waals surface area contributed by atoms with Crippen LogP contribution in [0, 0.1) is 0 Å². The molecule has 2 nitrogen and oxygen atoms in total. The number of H-pyrrole nitrogens is 1. The van der Waals surface area contributed by atoms with Crippen LogP contribution in [0.25, 0.3) is 17.0 Å². The molecule has 2 heteroatoms. The number of ether oxygens (including phenoxy) is 1. The lowest BCUT2D eigenvalue weighted by atomic mass is 9.90. The van der Waals surface area contributed by atoms with Crippen LogP contribution in [0.4, 0.5) is 0 Å². The molecule has 4 aromatic carbocycles. The van der Waals surface area contributed by atoms with E-state index < -0.39 is 0 Å². The van der Waals surface area contributed by atoms with Gasteiger partial charge in [0.1, 0.15) is 12.4 Å². The topological polar surface area (TPSA) is 25.0 Å². The van der Waals surface area contributed by atoms with Gasteiger partial charge < -0.3 is 9.72 Å². The van der Waals surface area contributed by atoms with Crippen molar-refractivity contribution in [3.63, 3.8) is 0 Å². The first-order chi connectivity index (χ1) is 15.9. The van der Waals surface area contributed by atoms with Crippen molar-refractivity contribution in [2.75, 3.05) is 0 Å². The van der Waals surface area contributed by atoms with Gasteiger partial charge in [-0.1, -0.05) is 103 Å². The lowest BCUT2D eigenvalue weighted by Gasteiger charge is -2.13. The Morgan fingerprint density at radius 3 is 2.19 bits per heavy atom. The summed E-state index contributed by atoms with van der Waals surface area (Å²) in [6.45, 7) is 0.562. The highest BCUT2D eigenvalue weighted by Crippen LogP contribution is 2.34. The zero-order valence-electron chi connectivity index (χ0n) is 17.8. The van der Waals surface area contributed by atoms with Crippen LogP contribution in [0.2, 0.25) is 0 Å². The minimum atomic E-state index is 0.154. The average molecular weight is 416 g/mol. The van der Waals surface area contributed by atoms with Gasteiger partial charge in [-0.3, -0.25) is 0 Å². The molecule has 0 spiro atoms. The maximum Gasteiger partial charge on any atom is 0.121 e. The average Bonchev–Trinajstić information content (AvgIpc) is 3.28. The van der Waals surface area contributed by atoms with Crippen LogP contribution in [0.5, 0.6) is 5.75 Å². The van der Waals surface area contributed by atoms with Crippen molar-refractivity contribution in [1.82, 2.24) is 4.98 Å². The Morgan fingerprint density at radius 1 is 0.750 bits per heavy atom. The van der Waals surface area contributed by atoms with Gasteiger partial charge in [-0.05, 0) is 34.4 Å². The predicted molar refractivity (Wildman–Crippen MR) is 133 cm³/mol. The molecule has 0 aliphatic carbocycles. The number of benzene rings is 4. The van der Waals surface area contributed by atoms with E-state index in [1.807, 2.05) is 24.3 Å². The number of rotatable bonds is 7. The number of fused-ring (bicyclic) bond motifs is 1. The summed E-state index contributed by atoms with van der Waals surface area (Å²) in [6, 6.07) is 37.6. The van der Waals surface area contributed by atoms with Gasteiger partial charge in [0.2, 0.25) is 0 Å². The van der Waals surface area contributed by atoms with Crippen molar-refractivity contribution < 1.29 is 4.74 Å². The summed E-state index contributed by atoms with van der Waals surface area (Å²) in [4.78, 5) is 3.46. The van der Waals surface area contributed by atoms with E-state index in [0.29, 0.717) is 6.61 Å². The minimum absolute atomic E-state index is 0.154. The van der Waals surface area contributed by atoms with E-state index in [1.54, 1.807) is 0 Å². The lowest BCUT2D eigenvalue weighted by molar-refractivity contribution is 0.306. The van der Waals surface area contributed by atoms with E-state index in [2.05, 4.69) is 108 Å². The van der Waals surface area contributed by atoms with Crippen molar-refractivity contribution in [2.24, 2.45) is 0 Å². The van der Waals surface area contributed by atoms with E-state index in [4.69, 9.17) is 4.74 Å². The first kappa shape index (κ1) is 19.9. The minimum Gasteiger partial charge on any atom is -0.489 e. The summed E-state index contributed by atoms with van der Waals surface area (Å²) in [7, 11) is 0. The van der Waals surface area contributed by atoms with Crippen LogP contribution < -0.4 is 4.74 Å². The molecule has 0 aliphatic heterocycles. The van der Waals surface area contributed by atoms with Gasteiger partial charge in [0.25, 0.3) is 0 Å². The zero-order chi connectivity index (χ0) is 21.6. The highest BCUT2D eigenvalue weighted by Gasteiger charge is 2.16. The van der Waals surface area contributed by atoms with Crippen molar-refractivity contribution in [3.05, 3.63) is 144 Å². The molecule has 32 heavy (non-hydrogen) atoms. The van der Waals surface area contributed by atoms with Gasteiger partial charge in [0.15, 0.2) is 0 Å². The molecule has 1 aromatic heterocycles. The summed E-state index contributed by atoms with van der Waals surface area (Å²) in [5.41, 5.74) is 5.97. The molecular weight excluding hydrogens is 390 g/mol. The van der Waals surface area contributed by atoms with Crippen molar-refractivity contribution in [3.8, 4) is 5.75 Å². The van der Waals surface area contributed by atoms with Crippen molar-refractivity contribution in [1.29, 1.82) is 0 Å². The maximum absolute atomic E-state index is 6.03. The first-order valence-corrected chi connectivity index (χ1v) is 10.9. The van der Waals surface area contributed by atoms with E-state index >= 15 is 0 Å². The third-order valence-electron chi connectivity index (χ3n) is 5.71. The quantitative estimate of drug-likeness (QED) is 0.291. The fraction of sp³-hybridized carbons (Fsp3) is 0.0667. The molecule has 5 rings (SSSR count). The van der Waals surface area contributed by atoms with Gasteiger partial charge in [0.05, 0.1) is 0 Å². The predicted octanol–water partition coefficient (Wildman–Crippen LogP) is 7.59. The van der Waals surface area contributed by atoms with Crippen molar-refractivity contribution >= 4 is 17.0 Å². The molecule has 1 atom stereocenters. The van der Waals surface area contributed by atoms with Crippen LogP contribution in [-0.2, 0) is 6.61 Å². The Hall–Kier alpha value is -4.04. The van der Waals surface area contributed by atoms with Gasteiger partial charge in [-0.2, -0.15) is 0 Å². The fourth-order valence-corrected chi connectivity index (χ4v) is 4.04. The number of hydrogen-bond acceptors (Lipinski definition) is 1. The van der Waals surface area contributed by atoms with Gasteiger partial charge >= 0.3 is 0 Å². The summed E-state index contributed by atoms with van der Waals surface area (Å²) >= 11 is 0. The third-order valence-corrected chi connectivity index (χ3v) is 5.71. The van der Waals surface area contributed by atoms with Crippen LogP contribution in [-0.4, -0.2) is 4.98 Å². The second-order valence-electron chi connectivity index (χ2n) is 7.88. The van der Waals surface area contributed by atoms with E-state index in [1.165, 1.54) is 22.1 Å². The SMILES string of the molecule is C(=C\[C@H](c1ccccc1)c1c[nH]c2cc(OCc3ccccc3)ccc12)/c1ccccc1. The smallest absolute Gasteiger partial charge is 0.121 e. The normalized spacial score (nSPS) is 12.2. The highest BCUT2D eigenvalue weighted by atomic mass is 16.5. The Labute approximate surface area is 188 Å². The Morgan fingerprint density at radius 2 is 1.44 bits per heavy atom. The third kappa shape index (κ3) is 4.50. The largest absolute Gasteiger partial charge is 0.489 e. The number of hydrogen-bond donors (Lipinski definition) is 1. The second-order valence-corrected chi connectivity index (χ2v) is 7.88. The van der Waals surface area contributed by atoms with Gasteiger partial charge in [-0.15, -0.1) is 0 Å². The maximum atomic E-state index is 6.03. The number of aromatic nitrogens is 1. The molecule has 0 fully saturated rings. The molecule has 1 heterocycles. The highest BCUT2D eigenvalue weighted by molar-refractivity contribution is 5.86.